The molecule has 1 aromatic rings. The van der Waals surface area contributed by atoms with Crippen LogP contribution in [-0.2, 0) is 9.53 Å². The van der Waals surface area contributed by atoms with E-state index in [0.29, 0.717) is 24.7 Å². The molecule has 0 saturated heterocycles. The largest absolute Gasteiger partial charge is 0.384 e. The number of rotatable bonds is 6. The first kappa shape index (κ1) is 12.8. The predicted octanol–water partition coefficient (Wildman–Crippen LogP) is 0.518. The van der Waals surface area contributed by atoms with Crippen molar-refractivity contribution < 1.29 is 9.53 Å². The third kappa shape index (κ3) is 4.99. The van der Waals surface area contributed by atoms with E-state index in [1.165, 1.54) is 11.8 Å². The molecule has 0 bridgehead atoms. The van der Waals surface area contributed by atoms with Crippen molar-refractivity contribution in [3.05, 3.63) is 18.3 Å². The zero-order valence-corrected chi connectivity index (χ0v) is 9.92. The van der Waals surface area contributed by atoms with Crippen LogP contribution >= 0.6 is 11.8 Å². The molecular weight excluding hydrogens is 226 g/mol. The number of amides is 1. The number of ether oxygens (including phenoxy) is 1. The van der Waals surface area contributed by atoms with Crippen molar-refractivity contribution in [2.75, 3.05) is 31.7 Å². The van der Waals surface area contributed by atoms with Gasteiger partial charge < -0.3 is 15.8 Å². The van der Waals surface area contributed by atoms with Gasteiger partial charge in [0.15, 0.2) is 0 Å². The van der Waals surface area contributed by atoms with Crippen LogP contribution in [0.1, 0.15) is 0 Å². The monoisotopic (exact) mass is 241 g/mol. The molecular formula is C10H15N3O2S. The molecule has 1 amide bonds. The minimum absolute atomic E-state index is 0.0149. The molecule has 0 saturated carbocycles. The summed E-state index contributed by atoms with van der Waals surface area (Å²) in [6, 6.07) is 3.56. The van der Waals surface area contributed by atoms with E-state index in [1.807, 2.05) is 6.07 Å². The quantitative estimate of drug-likeness (QED) is 0.561. The maximum atomic E-state index is 11.3. The Morgan fingerprint density at radius 1 is 1.62 bits per heavy atom. The van der Waals surface area contributed by atoms with E-state index in [0.717, 1.165) is 4.90 Å². The number of nitrogens with zero attached hydrogens (tertiary/aromatic N) is 1. The van der Waals surface area contributed by atoms with Crippen LogP contribution in [0.5, 0.6) is 0 Å². The lowest BCUT2D eigenvalue weighted by molar-refractivity contribution is -0.118. The molecule has 1 heterocycles. The summed E-state index contributed by atoms with van der Waals surface area (Å²) in [6.45, 7) is 1.07. The van der Waals surface area contributed by atoms with Crippen molar-refractivity contribution >= 4 is 23.5 Å². The first-order chi connectivity index (χ1) is 7.72. The highest BCUT2D eigenvalue weighted by atomic mass is 32.2. The van der Waals surface area contributed by atoms with E-state index in [9.17, 15) is 4.79 Å². The van der Waals surface area contributed by atoms with E-state index in [1.54, 1.807) is 19.4 Å². The van der Waals surface area contributed by atoms with Crippen molar-refractivity contribution in [3.8, 4) is 0 Å². The molecule has 0 radical (unpaired) electrons. The van der Waals surface area contributed by atoms with Gasteiger partial charge in [-0.15, -0.1) is 11.8 Å². The van der Waals surface area contributed by atoms with Crippen LogP contribution in [0.3, 0.4) is 0 Å². The minimum Gasteiger partial charge on any atom is -0.384 e. The van der Waals surface area contributed by atoms with Gasteiger partial charge in [-0.25, -0.2) is 4.98 Å². The lowest BCUT2D eigenvalue weighted by atomic mass is 10.5. The highest BCUT2D eigenvalue weighted by molar-refractivity contribution is 8.00. The summed E-state index contributed by atoms with van der Waals surface area (Å²) < 4.78 is 4.82. The van der Waals surface area contributed by atoms with E-state index in [2.05, 4.69) is 10.3 Å². The molecule has 6 heteroatoms. The number of nitrogens with one attached hydrogen (secondary N) is 1. The standard InChI is InChI=1S/C10H15N3O2S/c1-15-5-4-12-10(14)7-16-8-2-3-9(11)13-6-8/h2-3,6H,4-5,7H2,1H3,(H2,11,13)(H,12,14). The van der Waals surface area contributed by atoms with Crippen LogP contribution in [0, 0.1) is 0 Å². The van der Waals surface area contributed by atoms with Crippen LogP contribution in [0.25, 0.3) is 0 Å². The Kier molecular flexibility index (Phi) is 5.66. The van der Waals surface area contributed by atoms with E-state index in [-0.39, 0.29) is 5.91 Å². The third-order valence-electron chi connectivity index (χ3n) is 1.76. The number of carbonyl (C=O) groups excluding carboxylic acids is 1. The summed E-state index contributed by atoms with van der Waals surface area (Å²) in [7, 11) is 1.60. The first-order valence-electron chi connectivity index (χ1n) is 4.82. The van der Waals surface area contributed by atoms with Gasteiger partial charge in [-0.2, -0.15) is 0 Å². The number of methoxy groups -OCH3 is 1. The van der Waals surface area contributed by atoms with Gasteiger partial charge in [0.2, 0.25) is 5.91 Å². The molecule has 0 fully saturated rings. The number of thioether (sulfide) groups is 1. The van der Waals surface area contributed by atoms with E-state index >= 15 is 0 Å². The van der Waals surface area contributed by atoms with Crippen molar-refractivity contribution in [2.24, 2.45) is 0 Å². The number of pyridine rings is 1. The first-order valence-corrected chi connectivity index (χ1v) is 5.81. The second kappa shape index (κ2) is 7.08. The van der Waals surface area contributed by atoms with Gasteiger partial charge in [-0.3, -0.25) is 4.79 Å². The predicted molar refractivity (Wildman–Crippen MR) is 64.3 cm³/mol. The minimum atomic E-state index is -0.0149. The van der Waals surface area contributed by atoms with Gasteiger partial charge in [0.05, 0.1) is 12.4 Å². The van der Waals surface area contributed by atoms with Gasteiger partial charge >= 0.3 is 0 Å². The zero-order chi connectivity index (χ0) is 11.8. The Morgan fingerprint density at radius 2 is 2.44 bits per heavy atom. The number of aromatic nitrogens is 1. The van der Waals surface area contributed by atoms with Crippen LogP contribution in [0.4, 0.5) is 5.82 Å². The van der Waals surface area contributed by atoms with E-state index < -0.39 is 0 Å². The highest BCUT2D eigenvalue weighted by Gasteiger charge is 2.02. The lowest BCUT2D eigenvalue weighted by Gasteiger charge is -2.04. The molecule has 0 unspecified atom stereocenters. The lowest BCUT2D eigenvalue weighted by Crippen LogP contribution is -2.28. The second-order valence-electron chi connectivity index (χ2n) is 3.05. The Morgan fingerprint density at radius 3 is 3.06 bits per heavy atom. The number of hydrogen-bond donors (Lipinski definition) is 2. The molecule has 0 aliphatic carbocycles. The normalized spacial score (nSPS) is 10.1. The van der Waals surface area contributed by atoms with Crippen molar-refractivity contribution in [3.63, 3.8) is 0 Å². The maximum absolute atomic E-state index is 11.3. The molecule has 0 aromatic carbocycles. The molecule has 0 atom stereocenters. The number of nitrogens with two attached hydrogens (primary N) is 1. The topological polar surface area (TPSA) is 77.2 Å². The number of nitrogen functional groups attached to an aromatic ring is 1. The molecule has 1 aromatic heterocycles. The summed E-state index contributed by atoms with van der Waals surface area (Å²) in [4.78, 5) is 16.2. The smallest absolute Gasteiger partial charge is 0.230 e. The Labute approximate surface area is 98.8 Å². The van der Waals surface area contributed by atoms with Gasteiger partial charge in [-0.1, -0.05) is 0 Å². The molecule has 1 rings (SSSR count). The molecule has 0 aliphatic rings. The third-order valence-corrected chi connectivity index (χ3v) is 2.74. The van der Waals surface area contributed by atoms with Crippen LogP contribution in [0.2, 0.25) is 0 Å². The van der Waals surface area contributed by atoms with Crippen LogP contribution < -0.4 is 11.1 Å². The van der Waals surface area contributed by atoms with Gasteiger partial charge in [0, 0.05) is 24.7 Å². The number of anilines is 1. The molecule has 5 nitrogen and oxygen atoms in total. The second-order valence-corrected chi connectivity index (χ2v) is 4.10. The van der Waals surface area contributed by atoms with Crippen molar-refractivity contribution in [1.82, 2.24) is 10.3 Å². The Hall–Kier alpha value is -1.27. The van der Waals surface area contributed by atoms with Gasteiger partial charge in [0.1, 0.15) is 5.82 Å². The Balaban J connectivity index is 2.23. The summed E-state index contributed by atoms with van der Waals surface area (Å²) in [6.07, 6.45) is 1.66. The summed E-state index contributed by atoms with van der Waals surface area (Å²) in [5, 5.41) is 2.74. The molecule has 0 spiro atoms. The Bertz CT molecular complexity index is 329. The highest BCUT2D eigenvalue weighted by Crippen LogP contribution is 2.16. The van der Waals surface area contributed by atoms with Gasteiger partial charge in [0.25, 0.3) is 0 Å². The molecule has 3 N–H and O–H groups in total. The molecule has 0 aliphatic heterocycles. The maximum Gasteiger partial charge on any atom is 0.230 e. The zero-order valence-electron chi connectivity index (χ0n) is 9.10. The van der Waals surface area contributed by atoms with Gasteiger partial charge in [-0.05, 0) is 12.1 Å². The fraction of sp³-hybridized carbons (Fsp3) is 0.400. The SMILES string of the molecule is COCCNC(=O)CSc1ccc(N)nc1. The molecule has 88 valence electrons. The summed E-state index contributed by atoms with van der Waals surface area (Å²) >= 11 is 1.42. The van der Waals surface area contributed by atoms with E-state index in [4.69, 9.17) is 10.5 Å². The fourth-order valence-electron chi connectivity index (χ4n) is 0.970. The number of hydrogen-bond acceptors (Lipinski definition) is 5. The number of carbonyl (C=O) groups is 1. The van der Waals surface area contributed by atoms with Crippen LogP contribution in [-0.4, -0.2) is 36.9 Å². The summed E-state index contributed by atoms with van der Waals surface area (Å²) in [5.74, 6) is 0.836. The van der Waals surface area contributed by atoms with Crippen molar-refractivity contribution in [2.45, 2.75) is 4.90 Å². The summed E-state index contributed by atoms with van der Waals surface area (Å²) in [5.41, 5.74) is 5.45. The molecule has 16 heavy (non-hydrogen) atoms. The van der Waals surface area contributed by atoms with Crippen molar-refractivity contribution in [1.29, 1.82) is 0 Å². The van der Waals surface area contributed by atoms with Crippen LogP contribution in [0.15, 0.2) is 23.2 Å². The fourth-order valence-corrected chi connectivity index (χ4v) is 1.66. The average molecular weight is 241 g/mol. The average Bonchev–Trinajstić information content (AvgIpc) is 2.29.